The number of halogens is 3. The van der Waals surface area contributed by atoms with Crippen LogP contribution in [0.15, 0.2) is 4.99 Å². The Morgan fingerprint density at radius 2 is 2.00 bits per heavy atom. The van der Waals surface area contributed by atoms with Crippen molar-refractivity contribution in [3.8, 4) is 0 Å². The predicted molar refractivity (Wildman–Crippen MR) is 48.6 cm³/mol. The molecule has 14 heavy (non-hydrogen) atoms. The summed E-state index contributed by atoms with van der Waals surface area (Å²) in [6, 6.07) is 0. The molecular weight excluding hydrogens is 197 g/mol. The molecule has 0 amide bonds. The van der Waals surface area contributed by atoms with Gasteiger partial charge >= 0.3 is 6.18 Å². The van der Waals surface area contributed by atoms with Crippen molar-refractivity contribution in [1.29, 1.82) is 0 Å². The van der Waals surface area contributed by atoms with Gasteiger partial charge in [-0.25, -0.2) is 5.84 Å². The zero-order valence-corrected chi connectivity index (χ0v) is 7.99. The summed E-state index contributed by atoms with van der Waals surface area (Å²) < 4.78 is 35.1. The van der Waals surface area contributed by atoms with Gasteiger partial charge < -0.3 is 5.32 Å². The minimum absolute atomic E-state index is 0.109. The van der Waals surface area contributed by atoms with Crippen LogP contribution in [-0.2, 0) is 0 Å². The third kappa shape index (κ3) is 7.66. The van der Waals surface area contributed by atoms with Gasteiger partial charge in [-0.1, -0.05) is 0 Å². The van der Waals surface area contributed by atoms with Crippen LogP contribution in [0, 0.1) is 0 Å². The van der Waals surface area contributed by atoms with E-state index in [4.69, 9.17) is 5.84 Å². The van der Waals surface area contributed by atoms with Gasteiger partial charge in [-0.3, -0.25) is 10.4 Å². The van der Waals surface area contributed by atoms with Gasteiger partial charge in [0.25, 0.3) is 0 Å². The van der Waals surface area contributed by atoms with Crippen molar-refractivity contribution in [3.05, 3.63) is 0 Å². The van der Waals surface area contributed by atoms with Crippen molar-refractivity contribution >= 4 is 5.96 Å². The molecule has 84 valence electrons. The highest BCUT2D eigenvalue weighted by Crippen LogP contribution is 2.21. The number of alkyl halides is 3. The van der Waals surface area contributed by atoms with Crippen molar-refractivity contribution in [2.45, 2.75) is 25.4 Å². The highest BCUT2D eigenvalue weighted by Gasteiger charge is 2.25. The molecule has 0 aliphatic rings. The van der Waals surface area contributed by atoms with Crippen LogP contribution < -0.4 is 16.6 Å². The molecule has 7 heteroatoms. The summed E-state index contributed by atoms with van der Waals surface area (Å²) in [5, 5.41) is 2.75. The summed E-state index contributed by atoms with van der Waals surface area (Å²) in [4.78, 5) is 3.70. The van der Waals surface area contributed by atoms with Crippen LogP contribution in [0.5, 0.6) is 0 Å². The van der Waals surface area contributed by atoms with Crippen LogP contribution in [0.25, 0.3) is 0 Å². The van der Waals surface area contributed by atoms with E-state index in [0.717, 1.165) is 0 Å². The monoisotopic (exact) mass is 212 g/mol. The van der Waals surface area contributed by atoms with Crippen molar-refractivity contribution in [3.63, 3.8) is 0 Å². The lowest BCUT2D eigenvalue weighted by molar-refractivity contribution is -0.135. The standard InChI is InChI=1S/C7H15F3N4/c1-12-6(14-11)13-5-3-2-4-7(8,9)10/h2-5,11H2,1H3,(H2,12,13,14). The molecule has 0 rings (SSSR count). The maximum Gasteiger partial charge on any atom is 0.389 e. The average Bonchev–Trinajstić information content (AvgIpc) is 2.09. The maximum absolute atomic E-state index is 11.7. The Labute approximate surface area is 80.7 Å². The molecule has 4 N–H and O–H groups in total. The number of guanidine groups is 1. The Hall–Kier alpha value is -0.980. The second-order valence-electron chi connectivity index (χ2n) is 2.72. The van der Waals surface area contributed by atoms with Gasteiger partial charge in [-0.15, -0.1) is 0 Å². The summed E-state index contributed by atoms with van der Waals surface area (Å²) in [6.07, 6.45) is -4.27. The molecule has 0 aliphatic carbocycles. The molecule has 0 fully saturated rings. The zero-order chi connectivity index (χ0) is 11.0. The lowest BCUT2D eigenvalue weighted by Gasteiger charge is -2.08. The van der Waals surface area contributed by atoms with E-state index in [0.29, 0.717) is 18.9 Å². The number of nitrogens with two attached hydrogens (primary N) is 1. The summed E-state index contributed by atoms with van der Waals surface area (Å²) >= 11 is 0. The Kier molecular flexibility index (Phi) is 6.02. The average molecular weight is 212 g/mol. The van der Waals surface area contributed by atoms with Crippen LogP contribution >= 0.6 is 0 Å². The van der Waals surface area contributed by atoms with Crippen LogP contribution in [0.1, 0.15) is 19.3 Å². The number of rotatable bonds is 4. The number of hydrazine groups is 1. The third-order valence-electron chi connectivity index (χ3n) is 1.54. The van der Waals surface area contributed by atoms with Crippen LogP contribution in [0.3, 0.4) is 0 Å². The maximum atomic E-state index is 11.7. The van der Waals surface area contributed by atoms with Gasteiger partial charge in [-0.2, -0.15) is 13.2 Å². The first-order valence-electron chi connectivity index (χ1n) is 4.23. The van der Waals surface area contributed by atoms with Crippen molar-refractivity contribution in [2.75, 3.05) is 13.6 Å². The Morgan fingerprint density at radius 1 is 1.36 bits per heavy atom. The highest BCUT2D eigenvalue weighted by molar-refractivity contribution is 5.78. The number of hydrogen-bond donors (Lipinski definition) is 3. The molecule has 0 aliphatic heterocycles. The first kappa shape index (κ1) is 13.0. The van der Waals surface area contributed by atoms with Crippen LogP contribution in [0.2, 0.25) is 0 Å². The molecule has 0 aromatic rings. The smallest absolute Gasteiger partial charge is 0.355 e. The van der Waals surface area contributed by atoms with Crippen LogP contribution in [0.4, 0.5) is 13.2 Å². The molecule has 0 radical (unpaired) electrons. The molecule has 0 spiro atoms. The zero-order valence-electron chi connectivity index (χ0n) is 7.99. The number of nitrogens with one attached hydrogen (secondary N) is 2. The van der Waals surface area contributed by atoms with Crippen LogP contribution in [-0.4, -0.2) is 25.7 Å². The molecule has 0 unspecified atom stereocenters. The molecule has 0 aromatic carbocycles. The van der Waals surface area contributed by atoms with Gasteiger partial charge in [0.2, 0.25) is 5.96 Å². The topological polar surface area (TPSA) is 62.4 Å². The molecule has 0 saturated carbocycles. The van der Waals surface area contributed by atoms with E-state index in [-0.39, 0.29) is 6.42 Å². The van der Waals surface area contributed by atoms with Gasteiger partial charge in [0.1, 0.15) is 0 Å². The Bertz CT molecular complexity index is 178. The van der Waals surface area contributed by atoms with E-state index in [2.05, 4.69) is 15.7 Å². The third-order valence-corrected chi connectivity index (χ3v) is 1.54. The molecule has 0 saturated heterocycles. The van der Waals surface area contributed by atoms with Crippen molar-refractivity contribution in [1.82, 2.24) is 10.7 Å². The van der Waals surface area contributed by atoms with E-state index in [1.165, 1.54) is 7.05 Å². The van der Waals surface area contributed by atoms with Gasteiger partial charge in [0.05, 0.1) is 0 Å². The first-order valence-corrected chi connectivity index (χ1v) is 4.23. The summed E-state index contributed by atoms with van der Waals surface area (Å²) in [5.41, 5.74) is 2.28. The van der Waals surface area contributed by atoms with E-state index in [1.807, 2.05) is 0 Å². The Balaban J connectivity index is 3.39. The SMILES string of the molecule is CN=C(NN)NCCCCC(F)(F)F. The minimum Gasteiger partial charge on any atom is -0.355 e. The van der Waals surface area contributed by atoms with E-state index in [1.54, 1.807) is 0 Å². The number of hydrogen-bond acceptors (Lipinski definition) is 2. The lowest BCUT2D eigenvalue weighted by atomic mass is 10.2. The summed E-state index contributed by atoms with van der Waals surface area (Å²) in [5.74, 6) is 5.42. The first-order chi connectivity index (χ1) is 6.49. The number of nitrogens with zero attached hydrogens (tertiary/aromatic N) is 1. The largest absolute Gasteiger partial charge is 0.389 e. The van der Waals surface area contributed by atoms with Gasteiger partial charge in [-0.05, 0) is 12.8 Å². The molecule has 0 aromatic heterocycles. The second kappa shape index (κ2) is 6.47. The summed E-state index contributed by atoms with van der Waals surface area (Å²) in [7, 11) is 1.53. The van der Waals surface area contributed by atoms with Crippen molar-refractivity contribution < 1.29 is 13.2 Å². The van der Waals surface area contributed by atoms with Gasteiger partial charge in [0.15, 0.2) is 0 Å². The molecule has 4 nitrogen and oxygen atoms in total. The summed E-state index contributed by atoms with van der Waals surface area (Å²) in [6.45, 7) is 0.424. The second-order valence-corrected chi connectivity index (χ2v) is 2.72. The van der Waals surface area contributed by atoms with E-state index in [9.17, 15) is 13.2 Å². The van der Waals surface area contributed by atoms with E-state index < -0.39 is 12.6 Å². The normalized spacial score (nSPS) is 12.8. The Morgan fingerprint density at radius 3 is 2.43 bits per heavy atom. The molecule has 0 heterocycles. The van der Waals surface area contributed by atoms with E-state index >= 15 is 0 Å². The number of aliphatic imine (C=N–C) groups is 1. The minimum atomic E-state index is -4.06. The molecule has 0 atom stereocenters. The lowest BCUT2D eigenvalue weighted by Crippen LogP contribution is -2.41. The fourth-order valence-corrected chi connectivity index (χ4v) is 0.852. The molecule has 0 bridgehead atoms. The fraction of sp³-hybridized carbons (Fsp3) is 0.857. The van der Waals surface area contributed by atoms with Gasteiger partial charge in [0, 0.05) is 20.0 Å². The molecular formula is C7H15F3N4. The predicted octanol–water partition coefficient (Wildman–Crippen LogP) is 0.758. The highest BCUT2D eigenvalue weighted by atomic mass is 19.4. The van der Waals surface area contributed by atoms with Crippen molar-refractivity contribution in [2.24, 2.45) is 10.8 Å². The quantitative estimate of drug-likeness (QED) is 0.212. The number of unbranched alkanes of at least 4 members (excludes halogenated alkanes) is 1. The fourth-order valence-electron chi connectivity index (χ4n) is 0.852.